The van der Waals surface area contributed by atoms with Crippen LogP contribution in [0.5, 0.6) is 0 Å². The molecule has 2 N–H and O–H groups in total. The molecule has 108 valence electrons. The summed E-state index contributed by atoms with van der Waals surface area (Å²) < 4.78 is 5.43. The first kappa shape index (κ1) is 15.7. The van der Waals surface area contributed by atoms with E-state index in [9.17, 15) is 9.90 Å². The summed E-state index contributed by atoms with van der Waals surface area (Å²) in [6.07, 6.45) is 0.403. The fraction of sp³-hybridized carbons (Fsp3) is 0.643. The lowest BCUT2D eigenvalue weighted by atomic mass is 10.0. The van der Waals surface area contributed by atoms with Gasteiger partial charge in [0, 0.05) is 33.1 Å². The summed E-state index contributed by atoms with van der Waals surface area (Å²) in [5, 5.41) is 13.5. The smallest absolute Gasteiger partial charge is 0.223 e. The molecule has 2 atom stereocenters. The number of hydrogen-bond acceptors (Lipinski definition) is 4. The number of rotatable bonds is 6. The van der Waals surface area contributed by atoms with Gasteiger partial charge >= 0.3 is 0 Å². The normalized spacial score (nSPS) is 15.9. The van der Waals surface area contributed by atoms with Crippen LogP contribution in [0.25, 0.3) is 0 Å². The Morgan fingerprint density at radius 3 is 2.63 bits per heavy atom. The van der Waals surface area contributed by atoms with E-state index in [1.54, 1.807) is 32.0 Å². The quantitative estimate of drug-likeness (QED) is 0.815. The summed E-state index contributed by atoms with van der Waals surface area (Å²) in [6.45, 7) is 5.79. The van der Waals surface area contributed by atoms with Crippen LogP contribution in [0, 0.1) is 6.92 Å². The third-order valence-corrected chi connectivity index (χ3v) is 3.05. The summed E-state index contributed by atoms with van der Waals surface area (Å²) in [7, 11) is 3.47. The Balaban J connectivity index is 2.49. The van der Waals surface area contributed by atoms with Crippen molar-refractivity contribution in [2.75, 3.05) is 20.6 Å². The lowest BCUT2D eigenvalue weighted by Gasteiger charge is -2.24. The fourth-order valence-corrected chi connectivity index (χ4v) is 1.70. The van der Waals surface area contributed by atoms with Gasteiger partial charge in [-0.15, -0.1) is 0 Å². The monoisotopic (exact) mass is 268 g/mol. The second-order valence-electron chi connectivity index (χ2n) is 5.46. The summed E-state index contributed by atoms with van der Waals surface area (Å²) >= 11 is 0. The van der Waals surface area contributed by atoms with Gasteiger partial charge in [-0.05, 0) is 32.9 Å². The van der Waals surface area contributed by atoms with Crippen LogP contribution in [0.1, 0.15) is 31.8 Å². The molecule has 0 spiro atoms. The number of nitrogens with one attached hydrogen (secondary N) is 1. The second-order valence-corrected chi connectivity index (χ2v) is 5.46. The van der Waals surface area contributed by atoms with E-state index in [4.69, 9.17) is 4.42 Å². The number of hydrogen-bond donors (Lipinski definition) is 2. The van der Waals surface area contributed by atoms with Crippen molar-refractivity contribution >= 4 is 5.91 Å². The van der Waals surface area contributed by atoms with Gasteiger partial charge < -0.3 is 19.7 Å². The van der Waals surface area contributed by atoms with Gasteiger partial charge in [-0.25, -0.2) is 0 Å². The molecule has 0 aliphatic heterocycles. The van der Waals surface area contributed by atoms with Gasteiger partial charge in [0.1, 0.15) is 17.1 Å². The molecule has 19 heavy (non-hydrogen) atoms. The van der Waals surface area contributed by atoms with Crippen LogP contribution in [0.4, 0.5) is 0 Å². The van der Waals surface area contributed by atoms with Gasteiger partial charge in [0.05, 0.1) is 0 Å². The number of nitrogens with zero attached hydrogens (tertiary/aromatic N) is 1. The predicted molar refractivity (Wildman–Crippen MR) is 73.8 cm³/mol. The third-order valence-electron chi connectivity index (χ3n) is 3.05. The van der Waals surface area contributed by atoms with Crippen molar-refractivity contribution in [3.63, 3.8) is 0 Å². The molecule has 0 saturated carbocycles. The molecular weight excluding hydrogens is 244 g/mol. The van der Waals surface area contributed by atoms with Crippen molar-refractivity contribution in [3.8, 4) is 0 Å². The lowest BCUT2D eigenvalue weighted by Crippen LogP contribution is -2.41. The highest BCUT2D eigenvalue weighted by atomic mass is 16.4. The van der Waals surface area contributed by atoms with Crippen LogP contribution in [0.15, 0.2) is 16.5 Å². The van der Waals surface area contributed by atoms with Crippen LogP contribution < -0.4 is 5.32 Å². The van der Waals surface area contributed by atoms with Gasteiger partial charge in [-0.1, -0.05) is 0 Å². The summed E-state index contributed by atoms with van der Waals surface area (Å²) in [5.74, 6) is 1.36. The van der Waals surface area contributed by atoms with E-state index in [2.05, 4.69) is 5.32 Å². The Bertz CT molecular complexity index is 424. The molecule has 1 aromatic rings. The molecule has 0 saturated heterocycles. The maximum Gasteiger partial charge on any atom is 0.223 e. The molecule has 0 aliphatic rings. The fourth-order valence-electron chi connectivity index (χ4n) is 1.70. The number of aliphatic hydroxyl groups is 1. The first-order valence-electron chi connectivity index (χ1n) is 6.45. The van der Waals surface area contributed by atoms with Crippen molar-refractivity contribution in [2.24, 2.45) is 0 Å². The molecule has 0 radical (unpaired) electrons. The number of carbonyl (C=O) groups excluding carboxylic acids is 1. The lowest BCUT2D eigenvalue weighted by molar-refractivity contribution is -0.129. The Morgan fingerprint density at radius 1 is 1.53 bits per heavy atom. The van der Waals surface area contributed by atoms with Gasteiger partial charge in [0.25, 0.3) is 0 Å². The van der Waals surface area contributed by atoms with Gasteiger partial charge in [-0.3, -0.25) is 4.79 Å². The average Bonchev–Trinajstić information content (AvgIpc) is 2.74. The van der Waals surface area contributed by atoms with Gasteiger partial charge in [0.15, 0.2) is 0 Å². The molecule has 0 aromatic carbocycles. The highest BCUT2D eigenvalue weighted by Gasteiger charge is 2.27. The standard InChI is InChI=1S/C14H24N2O3/c1-10(8-13(17)16(4)5)15-9-14(3,18)12-7-6-11(2)19-12/h6-7,10,15,18H,8-9H2,1-5H3. The number of aryl methyl sites for hydroxylation is 1. The van der Waals surface area contributed by atoms with Crippen LogP contribution in [0.3, 0.4) is 0 Å². The maximum absolute atomic E-state index is 11.6. The van der Waals surface area contributed by atoms with Crippen molar-refractivity contribution in [3.05, 3.63) is 23.7 Å². The van der Waals surface area contributed by atoms with E-state index in [0.29, 0.717) is 18.7 Å². The van der Waals surface area contributed by atoms with E-state index >= 15 is 0 Å². The number of furan rings is 1. The molecule has 1 aromatic heterocycles. The van der Waals surface area contributed by atoms with Crippen molar-refractivity contribution < 1.29 is 14.3 Å². The highest BCUT2D eigenvalue weighted by molar-refractivity contribution is 5.76. The zero-order valence-electron chi connectivity index (χ0n) is 12.4. The van der Waals surface area contributed by atoms with Crippen molar-refractivity contribution in [1.29, 1.82) is 0 Å². The summed E-state index contributed by atoms with van der Waals surface area (Å²) in [4.78, 5) is 13.1. The first-order valence-corrected chi connectivity index (χ1v) is 6.45. The summed E-state index contributed by atoms with van der Waals surface area (Å²) in [6, 6.07) is 3.59. The molecule has 2 unspecified atom stereocenters. The minimum Gasteiger partial charge on any atom is -0.463 e. The zero-order valence-corrected chi connectivity index (χ0v) is 12.4. The van der Waals surface area contributed by atoms with Crippen molar-refractivity contribution in [2.45, 2.75) is 38.8 Å². The minimum atomic E-state index is -1.08. The molecule has 1 heterocycles. The van der Waals surface area contributed by atoms with Crippen molar-refractivity contribution in [1.82, 2.24) is 10.2 Å². The van der Waals surface area contributed by atoms with E-state index in [0.717, 1.165) is 5.76 Å². The first-order chi connectivity index (χ1) is 8.72. The molecule has 0 fully saturated rings. The molecule has 0 aliphatic carbocycles. The summed E-state index contributed by atoms with van der Waals surface area (Å²) in [5.41, 5.74) is -1.08. The van der Waals surface area contributed by atoms with E-state index in [1.165, 1.54) is 0 Å². The van der Waals surface area contributed by atoms with E-state index in [1.807, 2.05) is 19.9 Å². The molecule has 5 heteroatoms. The zero-order chi connectivity index (χ0) is 14.6. The van der Waals surface area contributed by atoms with Crippen LogP contribution in [-0.4, -0.2) is 42.6 Å². The second kappa shape index (κ2) is 6.21. The Hall–Kier alpha value is -1.33. The van der Waals surface area contributed by atoms with E-state index < -0.39 is 5.60 Å². The predicted octanol–water partition coefficient (Wildman–Crippen LogP) is 1.25. The molecule has 5 nitrogen and oxygen atoms in total. The molecular formula is C14H24N2O3. The maximum atomic E-state index is 11.6. The van der Waals surface area contributed by atoms with Gasteiger partial charge in [0.2, 0.25) is 5.91 Å². The SMILES string of the molecule is Cc1ccc(C(C)(O)CNC(C)CC(=O)N(C)C)o1. The van der Waals surface area contributed by atoms with Crippen LogP contribution in [0.2, 0.25) is 0 Å². The average molecular weight is 268 g/mol. The van der Waals surface area contributed by atoms with Crippen LogP contribution in [-0.2, 0) is 10.4 Å². The number of amides is 1. The third kappa shape index (κ3) is 4.69. The molecule has 1 rings (SSSR count). The largest absolute Gasteiger partial charge is 0.463 e. The van der Waals surface area contributed by atoms with E-state index in [-0.39, 0.29) is 11.9 Å². The molecule has 0 bridgehead atoms. The number of carbonyl (C=O) groups is 1. The highest BCUT2D eigenvalue weighted by Crippen LogP contribution is 2.22. The van der Waals surface area contributed by atoms with Crippen LogP contribution >= 0.6 is 0 Å². The minimum absolute atomic E-state index is 0.00238. The topological polar surface area (TPSA) is 65.7 Å². The Labute approximate surface area is 114 Å². The Kier molecular flexibility index (Phi) is 5.14. The Morgan fingerprint density at radius 2 is 2.16 bits per heavy atom. The van der Waals surface area contributed by atoms with Gasteiger partial charge in [-0.2, -0.15) is 0 Å². The molecule has 1 amide bonds.